The predicted molar refractivity (Wildman–Crippen MR) is 87.9 cm³/mol. The number of benzene rings is 1. The second-order valence-electron chi connectivity index (χ2n) is 4.81. The van der Waals surface area contributed by atoms with E-state index in [1.165, 1.54) is 0 Å². The Hall–Kier alpha value is -1.71. The minimum Gasteiger partial charge on any atom is -0.481 e. The first-order valence-corrected chi connectivity index (χ1v) is 9.52. The molecule has 0 aliphatic heterocycles. The lowest BCUT2D eigenvalue weighted by atomic mass is 10.2. The summed E-state index contributed by atoms with van der Waals surface area (Å²) < 4.78 is 28.0. The van der Waals surface area contributed by atoms with Crippen molar-refractivity contribution in [3.05, 3.63) is 28.8 Å². The third-order valence-electron chi connectivity index (χ3n) is 2.77. The van der Waals surface area contributed by atoms with E-state index in [4.69, 9.17) is 16.3 Å². The normalized spacial score (nSPS) is 12.7. The highest BCUT2D eigenvalue weighted by atomic mass is 35.5. The maximum Gasteiger partial charge on any atom is 0.266 e. The van der Waals surface area contributed by atoms with Crippen molar-refractivity contribution in [2.45, 2.75) is 24.3 Å². The maximum absolute atomic E-state index is 12.1. The lowest BCUT2D eigenvalue weighted by Gasteiger charge is -2.14. The van der Waals surface area contributed by atoms with Crippen molar-refractivity contribution in [1.82, 2.24) is 10.2 Å². The Kier molecular flexibility index (Phi) is 5.23. The fraction of sp³-hybridized carbons (Fsp3) is 0.308. The third-order valence-corrected chi connectivity index (χ3v) is 5.70. The number of hydrogen-bond donors (Lipinski definition) is 1. The van der Waals surface area contributed by atoms with Gasteiger partial charge in [0.25, 0.3) is 5.91 Å². The van der Waals surface area contributed by atoms with Crippen LogP contribution in [0, 0.1) is 6.92 Å². The molecule has 1 aromatic heterocycles. The molecule has 0 radical (unpaired) electrons. The van der Waals surface area contributed by atoms with Gasteiger partial charge in [-0.1, -0.05) is 22.9 Å². The quantitative estimate of drug-likeness (QED) is 0.805. The van der Waals surface area contributed by atoms with Crippen LogP contribution in [0.25, 0.3) is 0 Å². The molecule has 10 heteroatoms. The summed E-state index contributed by atoms with van der Waals surface area (Å²) in [6.07, 6.45) is 0.217. The molecule has 0 saturated carbocycles. The van der Waals surface area contributed by atoms with Gasteiger partial charge < -0.3 is 4.74 Å². The van der Waals surface area contributed by atoms with Crippen LogP contribution in [0.4, 0.5) is 5.13 Å². The molecule has 124 valence electrons. The number of aryl methyl sites for hydroxylation is 1. The van der Waals surface area contributed by atoms with Gasteiger partial charge in [0.15, 0.2) is 6.10 Å². The number of halogens is 1. The smallest absolute Gasteiger partial charge is 0.266 e. The Morgan fingerprint density at radius 1 is 1.39 bits per heavy atom. The second kappa shape index (κ2) is 6.81. The van der Waals surface area contributed by atoms with Crippen LogP contribution in [-0.2, 0) is 14.6 Å². The van der Waals surface area contributed by atoms with Gasteiger partial charge in [0.2, 0.25) is 19.3 Å². The van der Waals surface area contributed by atoms with Crippen LogP contribution < -0.4 is 10.1 Å². The first-order valence-electron chi connectivity index (χ1n) is 6.44. The summed E-state index contributed by atoms with van der Waals surface area (Å²) in [5.41, 5.74) is 0.832. The van der Waals surface area contributed by atoms with Gasteiger partial charge in [-0.25, -0.2) is 8.42 Å². The highest BCUT2D eigenvalue weighted by Crippen LogP contribution is 2.23. The highest BCUT2D eigenvalue weighted by Gasteiger charge is 2.19. The zero-order valence-electron chi connectivity index (χ0n) is 12.5. The van der Waals surface area contributed by atoms with E-state index in [1.54, 1.807) is 25.1 Å². The number of ether oxygens (including phenoxy) is 1. The number of carbonyl (C=O) groups excluding carboxylic acids is 1. The van der Waals surface area contributed by atoms with E-state index in [9.17, 15) is 13.2 Å². The molecule has 0 spiro atoms. The van der Waals surface area contributed by atoms with Gasteiger partial charge in [0.05, 0.1) is 0 Å². The summed E-state index contributed by atoms with van der Waals surface area (Å²) >= 11 is 6.71. The van der Waals surface area contributed by atoms with Crippen molar-refractivity contribution in [3.8, 4) is 5.75 Å². The van der Waals surface area contributed by atoms with Crippen LogP contribution in [0.1, 0.15) is 12.5 Å². The number of nitrogens with zero attached hydrogens (tertiary/aromatic N) is 2. The van der Waals surface area contributed by atoms with Crippen LogP contribution in [-0.4, -0.2) is 36.9 Å². The molecule has 1 aromatic carbocycles. The first-order chi connectivity index (χ1) is 10.7. The van der Waals surface area contributed by atoms with Gasteiger partial charge >= 0.3 is 0 Å². The monoisotopic (exact) mass is 375 g/mol. The molecule has 0 aliphatic carbocycles. The van der Waals surface area contributed by atoms with Gasteiger partial charge in [-0.3, -0.25) is 10.1 Å². The first kappa shape index (κ1) is 17.6. The Bertz CT molecular complexity index is 835. The van der Waals surface area contributed by atoms with E-state index in [0.29, 0.717) is 10.8 Å². The second-order valence-corrected chi connectivity index (χ2v) is 8.38. The van der Waals surface area contributed by atoms with Crippen molar-refractivity contribution in [3.63, 3.8) is 0 Å². The minimum absolute atomic E-state index is 0.0955. The van der Waals surface area contributed by atoms with Crippen molar-refractivity contribution >= 4 is 43.8 Å². The zero-order valence-corrected chi connectivity index (χ0v) is 14.9. The van der Waals surface area contributed by atoms with Crippen LogP contribution in [0.15, 0.2) is 22.5 Å². The molecule has 2 aromatic rings. The Balaban J connectivity index is 2.02. The highest BCUT2D eigenvalue weighted by molar-refractivity contribution is 7.92. The number of aromatic nitrogens is 2. The van der Waals surface area contributed by atoms with E-state index in [0.717, 1.165) is 23.2 Å². The Morgan fingerprint density at radius 3 is 2.65 bits per heavy atom. The fourth-order valence-electron chi connectivity index (χ4n) is 1.57. The summed E-state index contributed by atoms with van der Waals surface area (Å²) in [5, 5.41) is 10.3. The minimum atomic E-state index is -3.45. The molecule has 1 atom stereocenters. The molecule has 0 unspecified atom stereocenters. The maximum atomic E-state index is 12.1. The summed E-state index contributed by atoms with van der Waals surface area (Å²) in [5.74, 6) is 0.0393. The molecule has 7 nitrogen and oxygen atoms in total. The predicted octanol–water partition coefficient (Wildman–Crippen LogP) is 2.31. The number of carbonyl (C=O) groups is 1. The molecule has 0 fully saturated rings. The van der Waals surface area contributed by atoms with E-state index in [2.05, 4.69) is 15.5 Å². The molecule has 0 aliphatic rings. The number of anilines is 1. The molecule has 1 N–H and O–H groups in total. The third kappa shape index (κ3) is 4.63. The molecular formula is C13H14ClN3O4S2. The fourth-order valence-corrected chi connectivity index (χ4v) is 3.19. The number of sulfone groups is 1. The SMILES string of the molecule is Cc1cc(O[C@@H](C)C(=O)Nc2nnc(S(C)(=O)=O)s2)ccc1Cl. The standard InChI is InChI=1S/C13H14ClN3O4S2/c1-7-6-9(4-5-10(7)14)21-8(2)11(18)15-12-16-17-13(22-12)23(3,19)20/h4-6,8H,1-3H3,(H,15,16,18)/t8-/m0/s1. The largest absolute Gasteiger partial charge is 0.481 e. The Morgan fingerprint density at radius 2 is 2.09 bits per heavy atom. The molecule has 1 heterocycles. The average Bonchev–Trinajstić information content (AvgIpc) is 2.91. The van der Waals surface area contributed by atoms with E-state index < -0.39 is 21.8 Å². The van der Waals surface area contributed by atoms with Crippen molar-refractivity contribution in [2.75, 3.05) is 11.6 Å². The average molecular weight is 376 g/mol. The molecule has 0 bridgehead atoms. The Labute approximate surface area is 142 Å². The number of nitrogens with one attached hydrogen (secondary N) is 1. The molecule has 1 amide bonds. The van der Waals surface area contributed by atoms with E-state index in [-0.39, 0.29) is 9.47 Å². The lowest BCUT2D eigenvalue weighted by Crippen LogP contribution is -2.30. The van der Waals surface area contributed by atoms with Gasteiger partial charge in [0, 0.05) is 11.3 Å². The number of amides is 1. The van der Waals surface area contributed by atoms with Crippen LogP contribution in [0.5, 0.6) is 5.75 Å². The van der Waals surface area contributed by atoms with E-state index >= 15 is 0 Å². The van der Waals surface area contributed by atoms with Gasteiger partial charge in [0.1, 0.15) is 5.75 Å². The van der Waals surface area contributed by atoms with Gasteiger partial charge in [-0.15, -0.1) is 10.2 Å². The molecule has 2 rings (SSSR count). The zero-order chi connectivity index (χ0) is 17.2. The van der Waals surface area contributed by atoms with Crippen LogP contribution in [0.3, 0.4) is 0 Å². The topological polar surface area (TPSA) is 98.2 Å². The summed E-state index contributed by atoms with van der Waals surface area (Å²) in [6.45, 7) is 3.39. The molecular weight excluding hydrogens is 362 g/mol. The van der Waals surface area contributed by atoms with Gasteiger partial charge in [-0.05, 0) is 37.6 Å². The van der Waals surface area contributed by atoms with Crippen molar-refractivity contribution in [1.29, 1.82) is 0 Å². The van der Waals surface area contributed by atoms with E-state index in [1.807, 2.05) is 6.92 Å². The summed E-state index contributed by atoms with van der Waals surface area (Å²) in [7, 11) is -3.45. The molecule has 23 heavy (non-hydrogen) atoms. The summed E-state index contributed by atoms with van der Waals surface area (Å²) in [6, 6.07) is 5.06. The van der Waals surface area contributed by atoms with Crippen molar-refractivity contribution < 1.29 is 17.9 Å². The number of rotatable bonds is 5. The molecule has 0 saturated heterocycles. The van der Waals surface area contributed by atoms with Crippen molar-refractivity contribution in [2.24, 2.45) is 0 Å². The summed E-state index contributed by atoms with van der Waals surface area (Å²) in [4.78, 5) is 12.1. The van der Waals surface area contributed by atoms with Crippen LogP contribution in [0.2, 0.25) is 5.02 Å². The van der Waals surface area contributed by atoms with Crippen LogP contribution >= 0.6 is 22.9 Å². The van der Waals surface area contributed by atoms with Gasteiger partial charge in [-0.2, -0.15) is 0 Å². The lowest BCUT2D eigenvalue weighted by molar-refractivity contribution is -0.122. The number of hydrogen-bond acceptors (Lipinski definition) is 7.